The summed E-state index contributed by atoms with van der Waals surface area (Å²) in [5.74, 6) is -0.277. The molecule has 0 saturated carbocycles. The Hall–Kier alpha value is -2.44. The monoisotopic (exact) mass is 369 g/mol. The van der Waals surface area contributed by atoms with Crippen LogP contribution in [0.3, 0.4) is 0 Å². The minimum atomic E-state index is -0.277. The third kappa shape index (κ3) is 3.96. The topological polar surface area (TPSA) is 53.6 Å². The first-order valence-electron chi connectivity index (χ1n) is 9.41. The number of benzene rings is 2. The molecule has 2 aromatic rings. The van der Waals surface area contributed by atoms with Crippen LogP contribution in [0.2, 0.25) is 0 Å². The first-order chi connectivity index (χ1) is 13.2. The van der Waals surface area contributed by atoms with Crippen LogP contribution >= 0.6 is 0 Å². The number of amides is 2. The Bertz CT molecular complexity index is 788. The van der Waals surface area contributed by atoms with Gasteiger partial charge >= 0.3 is 6.03 Å². The SMILES string of the molecule is O=C(N[C@@H]1CNCCOC1)N1CCc2ccccc2[C@H]1c1ccc(F)cc1. The molecule has 0 aliphatic carbocycles. The largest absolute Gasteiger partial charge is 0.378 e. The molecule has 2 amide bonds. The Labute approximate surface area is 158 Å². The van der Waals surface area contributed by atoms with Crippen molar-refractivity contribution in [2.24, 2.45) is 0 Å². The van der Waals surface area contributed by atoms with Crippen molar-refractivity contribution in [3.63, 3.8) is 0 Å². The van der Waals surface area contributed by atoms with Crippen LogP contribution in [0, 0.1) is 5.82 Å². The molecule has 2 aliphatic rings. The Balaban J connectivity index is 1.62. The summed E-state index contributed by atoms with van der Waals surface area (Å²) in [6.45, 7) is 3.26. The molecule has 2 N–H and O–H groups in total. The highest BCUT2D eigenvalue weighted by Crippen LogP contribution is 2.35. The molecule has 4 rings (SSSR count). The van der Waals surface area contributed by atoms with Crippen LogP contribution in [0.15, 0.2) is 48.5 Å². The fraction of sp³-hybridized carbons (Fsp3) is 0.381. The van der Waals surface area contributed by atoms with Crippen molar-refractivity contribution in [2.75, 3.05) is 32.8 Å². The van der Waals surface area contributed by atoms with Crippen molar-refractivity contribution < 1.29 is 13.9 Å². The number of ether oxygens (including phenoxy) is 1. The number of nitrogens with zero attached hydrogens (tertiary/aromatic N) is 1. The molecule has 1 fully saturated rings. The quantitative estimate of drug-likeness (QED) is 0.855. The van der Waals surface area contributed by atoms with E-state index in [2.05, 4.69) is 22.8 Å². The summed E-state index contributed by atoms with van der Waals surface area (Å²) >= 11 is 0. The molecule has 142 valence electrons. The van der Waals surface area contributed by atoms with Crippen LogP contribution in [0.1, 0.15) is 22.7 Å². The summed E-state index contributed by atoms with van der Waals surface area (Å²) in [6.07, 6.45) is 0.806. The number of urea groups is 1. The summed E-state index contributed by atoms with van der Waals surface area (Å²) in [5.41, 5.74) is 3.24. The Kier molecular flexibility index (Phi) is 5.36. The third-order valence-electron chi connectivity index (χ3n) is 5.19. The highest BCUT2D eigenvalue weighted by atomic mass is 19.1. The van der Waals surface area contributed by atoms with Gasteiger partial charge < -0.3 is 20.3 Å². The van der Waals surface area contributed by atoms with E-state index in [9.17, 15) is 9.18 Å². The molecule has 0 bridgehead atoms. The lowest BCUT2D eigenvalue weighted by atomic mass is 9.88. The second kappa shape index (κ2) is 8.06. The molecule has 2 aromatic carbocycles. The molecule has 5 nitrogen and oxygen atoms in total. The maximum absolute atomic E-state index is 13.4. The molecular weight excluding hydrogens is 345 g/mol. The van der Waals surface area contributed by atoms with E-state index >= 15 is 0 Å². The number of nitrogens with one attached hydrogen (secondary N) is 2. The number of hydrogen-bond acceptors (Lipinski definition) is 3. The van der Waals surface area contributed by atoms with Crippen molar-refractivity contribution in [1.29, 1.82) is 0 Å². The zero-order valence-electron chi connectivity index (χ0n) is 15.2. The van der Waals surface area contributed by atoms with Crippen LogP contribution in [-0.4, -0.2) is 49.8 Å². The van der Waals surface area contributed by atoms with Crippen molar-refractivity contribution in [1.82, 2.24) is 15.5 Å². The maximum atomic E-state index is 13.4. The number of hydrogen-bond donors (Lipinski definition) is 2. The Morgan fingerprint density at radius 1 is 1.19 bits per heavy atom. The van der Waals surface area contributed by atoms with E-state index in [1.807, 2.05) is 17.0 Å². The Morgan fingerprint density at radius 3 is 2.85 bits per heavy atom. The average Bonchev–Trinajstić information content (AvgIpc) is 2.96. The van der Waals surface area contributed by atoms with Gasteiger partial charge in [0.15, 0.2) is 0 Å². The second-order valence-electron chi connectivity index (χ2n) is 7.02. The molecule has 0 unspecified atom stereocenters. The fourth-order valence-electron chi connectivity index (χ4n) is 3.85. The van der Waals surface area contributed by atoms with Crippen molar-refractivity contribution in [3.05, 3.63) is 71.0 Å². The summed E-state index contributed by atoms with van der Waals surface area (Å²) in [6, 6.07) is 14.2. The normalized spacial score (nSPS) is 22.6. The number of carbonyl (C=O) groups is 1. The summed E-state index contributed by atoms with van der Waals surface area (Å²) in [7, 11) is 0. The predicted octanol–water partition coefficient (Wildman–Crippen LogP) is 2.47. The minimum absolute atomic E-state index is 0.0639. The zero-order valence-corrected chi connectivity index (χ0v) is 15.2. The lowest BCUT2D eigenvalue weighted by molar-refractivity contribution is 0.127. The summed E-state index contributed by atoms with van der Waals surface area (Å²) in [5, 5.41) is 6.37. The smallest absolute Gasteiger partial charge is 0.318 e. The van der Waals surface area contributed by atoms with Gasteiger partial charge in [-0.15, -0.1) is 0 Å². The number of fused-ring (bicyclic) bond motifs is 1. The molecule has 0 aromatic heterocycles. The predicted molar refractivity (Wildman–Crippen MR) is 101 cm³/mol. The van der Waals surface area contributed by atoms with E-state index in [0.29, 0.717) is 26.3 Å². The van der Waals surface area contributed by atoms with Gasteiger partial charge in [-0.2, -0.15) is 0 Å². The molecule has 1 saturated heterocycles. The van der Waals surface area contributed by atoms with E-state index in [1.54, 1.807) is 12.1 Å². The van der Waals surface area contributed by atoms with E-state index in [4.69, 9.17) is 4.74 Å². The van der Waals surface area contributed by atoms with Crippen molar-refractivity contribution in [2.45, 2.75) is 18.5 Å². The molecular formula is C21H24FN3O2. The lowest BCUT2D eigenvalue weighted by Crippen LogP contribution is -2.52. The molecule has 2 atom stereocenters. The van der Waals surface area contributed by atoms with Crippen molar-refractivity contribution in [3.8, 4) is 0 Å². The lowest BCUT2D eigenvalue weighted by Gasteiger charge is -2.38. The first-order valence-corrected chi connectivity index (χ1v) is 9.41. The van der Waals surface area contributed by atoms with E-state index in [0.717, 1.165) is 24.1 Å². The van der Waals surface area contributed by atoms with Gasteiger partial charge in [0.2, 0.25) is 0 Å². The van der Waals surface area contributed by atoms with Crippen LogP contribution < -0.4 is 10.6 Å². The van der Waals surface area contributed by atoms with Gasteiger partial charge in [0.05, 0.1) is 25.3 Å². The average molecular weight is 369 g/mol. The zero-order chi connectivity index (χ0) is 18.6. The Morgan fingerprint density at radius 2 is 2.00 bits per heavy atom. The van der Waals surface area contributed by atoms with Crippen molar-refractivity contribution >= 4 is 6.03 Å². The van der Waals surface area contributed by atoms with E-state index in [1.165, 1.54) is 17.7 Å². The highest BCUT2D eigenvalue weighted by Gasteiger charge is 2.32. The standard InChI is InChI=1S/C21H24FN3O2/c22-17-7-5-16(6-8-17)20-19-4-2-1-3-15(19)9-11-25(20)21(26)24-18-13-23-10-12-27-14-18/h1-8,18,20,23H,9-14H2,(H,24,26)/t18-,20-/m1/s1. The van der Waals surface area contributed by atoms with Crippen LogP contribution in [0.4, 0.5) is 9.18 Å². The number of rotatable bonds is 2. The molecule has 27 heavy (non-hydrogen) atoms. The molecule has 6 heteroatoms. The van der Waals surface area contributed by atoms with Crippen LogP contribution in [0.25, 0.3) is 0 Å². The van der Waals surface area contributed by atoms with Gasteiger partial charge in [-0.3, -0.25) is 0 Å². The fourth-order valence-corrected chi connectivity index (χ4v) is 3.85. The van der Waals surface area contributed by atoms with Crippen LogP contribution in [0.5, 0.6) is 0 Å². The van der Waals surface area contributed by atoms with Gasteiger partial charge in [0, 0.05) is 19.6 Å². The number of halogens is 1. The number of carbonyl (C=O) groups excluding carboxylic acids is 1. The van der Waals surface area contributed by atoms with Crippen LogP contribution in [-0.2, 0) is 11.2 Å². The summed E-state index contributed by atoms with van der Waals surface area (Å²) in [4.78, 5) is 14.9. The highest BCUT2D eigenvalue weighted by molar-refractivity contribution is 5.76. The second-order valence-corrected chi connectivity index (χ2v) is 7.02. The summed E-state index contributed by atoms with van der Waals surface area (Å²) < 4.78 is 19.0. The first kappa shape index (κ1) is 17.9. The molecule has 0 spiro atoms. The van der Waals surface area contributed by atoms with Gasteiger partial charge in [0.25, 0.3) is 0 Å². The molecule has 0 radical (unpaired) electrons. The van der Waals surface area contributed by atoms with Gasteiger partial charge in [-0.25, -0.2) is 9.18 Å². The van der Waals surface area contributed by atoms with Gasteiger partial charge in [-0.05, 0) is 35.2 Å². The van der Waals surface area contributed by atoms with Gasteiger partial charge in [0.1, 0.15) is 5.82 Å². The molecule has 2 heterocycles. The third-order valence-corrected chi connectivity index (χ3v) is 5.19. The van der Waals surface area contributed by atoms with Gasteiger partial charge in [-0.1, -0.05) is 36.4 Å². The maximum Gasteiger partial charge on any atom is 0.318 e. The molecule has 2 aliphatic heterocycles. The minimum Gasteiger partial charge on any atom is -0.378 e. The van der Waals surface area contributed by atoms with E-state index in [-0.39, 0.29) is 23.9 Å². The van der Waals surface area contributed by atoms with E-state index < -0.39 is 0 Å².